The lowest BCUT2D eigenvalue weighted by Gasteiger charge is -2.41. The van der Waals surface area contributed by atoms with Gasteiger partial charge in [0, 0.05) is 12.5 Å². The van der Waals surface area contributed by atoms with E-state index in [-0.39, 0.29) is 6.61 Å². The van der Waals surface area contributed by atoms with E-state index in [1.807, 2.05) is 20.8 Å². The lowest BCUT2D eigenvalue weighted by atomic mass is 9.62. The minimum atomic E-state index is -1.08. The number of carbonyl (C=O) groups is 2. The van der Waals surface area contributed by atoms with Crippen LogP contribution in [0.4, 0.5) is 0 Å². The zero-order chi connectivity index (χ0) is 16.1. The van der Waals surface area contributed by atoms with E-state index in [1.165, 1.54) is 7.11 Å². The van der Waals surface area contributed by atoms with Gasteiger partial charge in [-0.15, -0.1) is 0 Å². The van der Waals surface area contributed by atoms with Gasteiger partial charge < -0.3 is 14.9 Å². The van der Waals surface area contributed by atoms with Gasteiger partial charge in [0.2, 0.25) is 0 Å². The molecule has 0 aliphatic carbocycles. The first kappa shape index (κ1) is 18.9. The van der Waals surface area contributed by atoms with Crippen LogP contribution in [-0.2, 0) is 14.3 Å². The van der Waals surface area contributed by atoms with E-state index in [2.05, 4.69) is 0 Å². The Morgan fingerprint density at radius 1 is 1.00 bits per heavy atom. The maximum atomic E-state index is 11.7. The number of rotatable bonds is 9. The van der Waals surface area contributed by atoms with Crippen LogP contribution in [0, 0.1) is 22.7 Å². The summed E-state index contributed by atoms with van der Waals surface area (Å²) in [6.07, 6.45) is 1.48. The first-order chi connectivity index (χ1) is 9.01. The zero-order valence-electron chi connectivity index (χ0n) is 13.4. The summed E-state index contributed by atoms with van der Waals surface area (Å²) in [7, 11) is 1.49. The van der Waals surface area contributed by atoms with E-state index < -0.39 is 34.6 Å². The van der Waals surface area contributed by atoms with Crippen LogP contribution in [0.15, 0.2) is 0 Å². The van der Waals surface area contributed by atoms with E-state index >= 15 is 0 Å². The molecule has 0 aromatic rings. The Hall–Kier alpha value is -1.10. The molecule has 2 N–H and O–H groups in total. The molecule has 0 saturated heterocycles. The maximum Gasteiger partial charge on any atom is 0.308 e. The molecule has 0 fully saturated rings. The number of hydrogen-bond donors (Lipinski definition) is 2. The summed E-state index contributed by atoms with van der Waals surface area (Å²) < 4.78 is 5.08. The molecule has 0 saturated carbocycles. The molecule has 0 spiro atoms. The molecule has 118 valence electrons. The van der Waals surface area contributed by atoms with E-state index in [0.717, 1.165) is 6.42 Å². The molecule has 2 atom stereocenters. The minimum Gasteiger partial charge on any atom is -0.481 e. The summed E-state index contributed by atoms with van der Waals surface area (Å²) >= 11 is 0. The van der Waals surface area contributed by atoms with E-state index in [0.29, 0.717) is 6.42 Å². The Bertz CT molecular complexity index is 312. The molecular weight excluding hydrogens is 260 g/mol. The van der Waals surface area contributed by atoms with E-state index in [1.54, 1.807) is 13.8 Å². The molecule has 2 unspecified atom stereocenters. The Morgan fingerprint density at radius 3 is 1.70 bits per heavy atom. The lowest BCUT2D eigenvalue weighted by Crippen LogP contribution is -2.48. The second-order valence-corrected chi connectivity index (χ2v) is 6.79. The largest absolute Gasteiger partial charge is 0.481 e. The minimum absolute atomic E-state index is 0.204. The van der Waals surface area contributed by atoms with Gasteiger partial charge in [-0.05, 0) is 11.8 Å². The van der Waals surface area contributed by atoms with Crippen molar-refractivity contribution >= 4 is 11.9 Å². The SMILES string of the molecule is CCCC(C)(C)C(C(=O)O)C(C(=O)O)C(C)(C)COC. The average molecular weight is 288 g/mol. The Kier molecular flexibility index (Phi) is 6.68. The van der Waals surface area contributed by atoms with Gasteiger partial charge in [0.1, 0.15) is 0 Å². The van der Waals surface area contributed by atoms with Crippen LogP contribution in [-0.4, -0.2) is 35.9 Å². The summed E-state index contributed by atoms with van der Waals surface area (Å²) in [5.74, 6) is -4.09. The monoisotopic (exact) mass is 288 g/mol. The van der Waals surface area contributed by atoms with Gasteiger partial charge in [-0.25, -0.2) is 0 Å². The van der Waals surface area contributed by atoms with Crippen LogP contribution < -0.4 is 0 Å². The fraction of sp³-hybridized carbons (Fsp3) is 0.867. The van der Waals surface area contributed by atoms with Crippen molar-refractivity contribution in [3.05, 3.63) is 0 Å². The molecule has 0 bridgehead atoms. The van der Waals surface area contributed by atoms with Crippen molar-refractivity contribution in [1.29, 1.82) is 0 Å². The summed E-state index contributed by atoms with van der Waals surface area (Å²) in [5.41, 5.74) is -1.34. The number of carboxylic acids is 2. The number of aliphatic carboxylic acids is 2. The quantitative estimate of drug-likeness (QED) is 0.681. The summed E-state index contributed by atoms with van der Waals surface area (Å²) in [6, 6.07) is 0. The number of carboxylic acid groups (broad SMARTS) is 2. The van der Waals surface area contributed by atoms with Crippen molar-refractivity contribution in [3.8, 4) is 0 Å². The fourth-order valence-electron chi connectivity index (χ4n) is 3.12. The molecule has 0 aliphatic heterocycles. The van der Waals surface area contributed by atoms with Gasteiger partial charge in [-0.2, -0.15) is 0 Å². The normalized spacial score (nSPS) is 15.7. The second kappa shape index (κ2) is 7.07. The lowest BCUT2D eigenvalue weighted by molar-refractivity contribution is -0.167. The number of ether oxygens (including phenoxy) is 1. The third-order valence-corrected chi connectivity index (χ3v) is 3.96. The predicted molar refractivity (Wildman–Crippen MR) is 76.6 cm³/mol. The smallest absolute Gasteiger partial charge is 0.308 e. The third kappa shape index (κ3) is 4.47. The first-order valence-electron chi connectivity index (χ1n) is 6.95. The molecule has 0 aliphatic rings. The van der Waals surface area contributed by atoms with Gasteiger partial charge in [0.05, 0.1) is 18.4 Å². The molecule has 0 amide bonds. The first-order valence-corrected chi connectivity index (χ1v) is 6.95. The van der Waals surface area contributed by atoms with Crippen molar-refractivity contribution in [3.63, 3.8) is 0 Å². The number of hydrogen-bond acceptors (Lipinski definition) is 3. The highest BCUT2D eigenvalue weighted by atomic mass is 16.5. The summed E-state index contributed by atoms with van der Waals surface area (Å²) in [5, 5.41) is 19.1. The van der Waals surface area contributed by atoms with Crippen molar-refractivity contribution in [2.75, 3.05) is 13.7 Å². The summed E-state index contributed by atoms with van der Waals surface area (Å²) in [6.45, 7) is 9.31. The Balaban J connectivity index is 5.71. The van der Waals surface area contributed by atoms with Crippen LogP contribution >= 0.6 is 0 Å². The van der Waals surface area contributed by atoms with Crippen LogP contribution in [0.3, 0.4) is 0 Å². The van der Waals surface area contributed by atoms with Gasteiger partial charge in [0.15, 0.2) is 0 Å². The molecule has 0 heterocycles. The molecule has 5 nitrogen and oxygen atoms in total. The van der Waals surface area contributed by atoms with Crippen LogP contribution in [0.2, 0.25) is 0 Å². The van der Waals surface area contributed by atoms with Crippen LogP contribution in [0.25, 0.3) is 0 Å². The molecule has 0 radical (unpaired) electrons. The molecular formula is C15H28O5. The van der Waals surface area contributed by atoms with Crippen molar-refractivity contribution in [1.82, 2.24) is 0 Å². The van der Waals surface area contributed by atoms with Crippen molar-refractivity contribution in [2.24, 2.45) is 22.7 Å². The molecule has 5 heteroatoms. The van der Waals surface area contributed by atoms with Crippen molar-refractivity contribution < 1.29 is 24.5 Å². The van der Waals surface area contributed by atoms with E-state index in [9.17, 15) is 19.8 Å². The van der Waals surface area contributed by atoms with Crippen LogP contribution in [0.5, 0.6) is 0 Å². The standard InChI is InChI=1S/C15H28O5/c1-7-8-14(2,3)10(12(16)17)11(13(18)19)15(4,5)9-20-6/h10-11H,7-9H2,1-6H3,(H,16,17)(H,18,19). The second-order valence-electron chi connectivity index (χ2n) is 6.79. The Labute approximate surface area is 121 Å². The van der Waals surface area contributed by atoms with Gasteiger partial charge in [0.25, 0.3) is 0 Å². The van der Waals surface area contributed by atoms with E-state index in [4.69, 9.17) is 4.74 Å². The maximum absolute atomic E-state index is 11.7. The molecule has 0 rings (SSSR count). The Morgan fingerprint density at radius 2 is 1.40 bits per heavy atom. The van der Waals surface area contributed by atoms with Gasteiger partial charge in [-0.3, -0.25) is 9.59 Å². The number of methoxy groups -OCH3 is 1. The predicted octanol–water partition coefficient (Wildman–Crippen LogP) is 2.89. The molecule has 20 heavy (non-hydrogen) atoms. The highest BCUT2D eigenvalue weighted by Gasteiger charge is 2.50. The van der Waals surface area contributed by atoms with Crippen molar-refractivity contribution in [2.45, 2.75) is 47.5 Å². The van der Waals surface area contributed by atoms with Gasteiger partial charge >= 0.3 is 11.9 Å². The third-order valence-electron chi connectivity index (χ3n) is 3.96. The zero-order valence-corrected chi connectivity index (χ0v) is 13.4. The molecule has 0 aromatic heterocycles. The fourth-order valence-corrected chi connectivity index (χ4v) is 3.12. The molecule has 0 aromatic carbocycles. The highest BCUT2D eigenvalue weighted by molar-refractivity contribution is 5.81. The summed E-state index contributed by atoms with van der Waals surface area (Å²) in [4.78, 5) is 23.4. The highest BCUT2D eigenvalue weighted by Crippen LogP contribution is 2.44. The topological polar surface area (TPSA) is 83.8 Å². The van der Waals surface area contributed by atoms with Crippen LogP contribution in [0.1, 0.15) is 47.5 Å². The average Bonchev–Trinajstić information content (AvgIpc) is 2.23. The van der Waals surface area contributed by atoms with Gasteiger partial charge in [-0.1, -0.05) is 41.0 Å².